The predicted octanol–water partition coefficient (Wildman–Crippen LogP) is 6.23. The van der Waals surface area contributed by atoms with E-state index in [-0.39, 0.29) is 17.7 Å². The number of rotatable bonds is 3. The number of carbonyl (C=O) groups is 1. The maximum atomic E-state index is 13.9. The number of hydrogen-bond donors (Lipinski definition) is 1. The van der Waals surface area contributed by atoms with Gasteiger partial charge in [-0.3, -0.25) is 9.69 Å². The molecule has 0 aromatic heterocycles. The molecule has 0 saturated heterocycles. The Kier molecular flexibility index (Phi) is 4.66. The van der Waals surface area contributed by atoms with E-state index in [0.717, 1.165) is 27.6 Å². The van der Waals surface area contributed by atoms with Gasteiger partial charge in [-0.05, 0) is 52.7 Å². The number of aromatic hydroxyl groups is 1. The number of phenols is 1. The number of fused-ring (bicyclic) bond motifs is 2. The third-order valence-corrected chi connectivity index (χ3v) is 6.58. The molecule has 0 fully saturated rings. The van der Waals surface area contributed by atoms with Crippen LogP contribution < -0.4 is 9.64 Å². The van der Waals surface area contributed by atoms with E-state index in [2.05, 4.69) is 19.9 Å². The molecule has 1 amide bonds. The topological polar surface area (TPSA) is 49.8 Å². The van der Waals surface area contributed by atoms with Crippen LogP contribution in [-0.2, 0) is 5.41 Å². The van der Waals surface area contributed by atoms with E-state index in [4.69, 9.17) is 4.74 Å². The Morgan fingerprint density at radius 3 is 2.34 bits per heavy atom. The molecule has 4 aromatic carbocycles. The molecule has 0 radical (unpaired) electrons. The van der Waals surface area contributed by atoms with E-state index >= 15 is 0 Å². The maximum Gasteiger partial charge on any atom is 0.258 e. The fourth-order valence-corrected chi connectivity index (χ4v) is 5.00. The number of nitrogens with zero attached hydrogens (tertiary/aromatic N) is 1. The van der Waals surface area contributed by atoms with Crippen molar-refractivity contribution in [2.75, 3.05) is 12.0 Å². The van der Waals surface area contributed by atoms with Crippen LogP contribution in [0.5, 0.6) is 11.5 Å². The van der Waals surface area contributed by atoms with Crippen molar-refractivity contribution in [3.8, 4) is 11.5 Å². The second-order valence-corrected chi connectivity index (χ2v) is 8.76. The average Bonchev–Trinajstić information content (AvgIpc) is 3.05. The number of para-hydroxylation sites is 1. The lowest BCUT2D eigenvalue weighted by molar-refractivity contribution is 0.0971. The molecule has 1 atom stereocenters. The number of phenolic OH excluding ortho intramolecular Hbond substituents is 1. The molecule has 1 aliphatic rings. The first-order valence-corrected chi connectivity index (χ1v) is 10.7. The molecule has 4 nitrogen and oxygen atoms in total. The Bertz CT molecular complexity index is 1320. The first kappa shape index (κ1) is 20.1. The Balaban J connectivity index is 1.75. The number of ether oxygens (including phenoxy) is 1. The SMILES string of the molecule is COc1ccc(C(=O)N2c3ccccc3C(C)(C)[C@H]2c2c(O)ccc3ccccc23)cc1. The summed E-state index contributed by atoms with van der Waals surface area (Å²) >= 11 is 0. The van der Waals surface area contributed by atoms with E-state index < -0.39 is 5.41 Å². The first-order chi connectivity index (χ1) is 15.4. The molecule has 0 bridgehead atoms. The zero-order valence-electron chi connectivity index (χ0n) is 18.4. The number of methoxy groups -OCH3 is 1. The molecule has 0 spiro atoms. The molecule has 0 unspecified atom stereocenters. The van der Waals surface area contributed by atoms with Crippen LogP contribution in [0.15, 0.2) is 84.9 Å². The summed E-state index contributed by atoms with van der Waals surface area (Å²) in [6.45, 7) is 4.28. The Labute approximate surface area is 187 Å². The Hall–Kier alpha value is -3.79. The summed E-state index contributed by atoms with van der Waals surface area (Å²) in [6.07, 6.45) is 0. The smallest absolute Gasteiger partial charge is 0.258 e. The van der Waals surface area contributed by atoms with Crippen LogP contribution in [0.25, 0.3) is 10.8 Å². The van der Waals surface area contributed by atoms with Crippen molar-refractivity contribution >= 4 is 22.4 Å². The highest BCUT2D eigenvalue weighted by Gasteiger charge is 2.49. The molecule has 0 saturated carbocycles. The van der Waals surface area contributed by atoms with E-state index in [1.807, 2.05) is 53.4 Å². The minimum absolute atomic E-state index is 0.108. The Morgan fingerprint density at radius 1 is 0.906 bits per heavy atom. The van der Waals surface area contributed by atoms with E-state index in [9.17, 15) is 9.90 Å². The molecule has 160 valence electrons. The van der Waals surface area contributed by atoms with Crippen LogP contribution in [-0.4, -0.2) is 18.1 Å². The molecular formula is C28H25NO3. The number of carbonyl (C=O) groups excluding carboxylic acids is 1. The highest BCUT2D eigenvalue weighted by molar-refractivity contribution is 6.09. The van der Waals surface area contributed by atoms with E-state index in [1.54, 1.807) is 37.4 Å². The van der Waals surface area contributed by atoms with Gasteiger partial charge in [0.2, 0.25) is 0 Å². The van der Waals surface area contributed by atoms with Crippen LogP contribution in [0.4, 0.5) is 5.69 Å². The van der Waals surface area contributed by atoms with Gasteiger partial charge in [0.05, 0.1) is 13.2 Å². The van der Waals surface area contributed by atoms with Crippen molar-refractivity contribution in [2.24, 2.45) is 0 Å². The largest absolute Gasteiger partial charge is 0.508 e. The van der Waals surface area contributed by atoms with Crippen LogP contribution in [0.1, 0.15) is 41.4 Å². The summed E-state index contributed by atoms with van der Waals surface area (Å²) in [5, 5.41) is 13.0. The lowest BCUT2D eigenvalue weighted by Gasteiger charge is -2.35. The standard InChI is InChI=1S/C28H25NO3/c1-28(2)22-10-6-7-11-23(22)29(27(31)19-12-15-20(32-3)16-13-19)26(28)25-21-9-5-4-8-18(21)14-17-24(25)30/h4-17,26,30H,1-3H3/t26-/m1/s1. The predicted molar refractivity (Wildman–Crippen MR) is 128 cm³/mol. The van der Waals surface area contributed by atoms with Gasteiger partial charge in [-0.25, -0.2) is 0 Å². The van der Waals surface area contributed by atoms with Crippen LogP contribution in [0, 0.1) is 0 Å². The summed E-state index contributed by atoms with van der Waals surface area (Å²) in [4.78, 5) is 15.8. The van der Waals surface area contributed by atoms with Gasteiger partial charge in [-0.15, -0.1) is 0 Å². The number of benzene rings is 4. The van der Waals surface area contributed by atoms with Gasteiger partial charge in [-0.1, -0.05) is 62.4 Å². The molecule has 1 heterocycles. The molecular weight excluding hydrogens is 398 g/mol. The van der Waals surface area contributed by atoms with Crippen molar-refractivity contribution < 1.29 is 14.6 Å². The van der Waals surface area contributed by atoms with Crippen molar-refractivity contribution in [2.45, 2.75) is 25.3 Å². The molecule has 4 aromatic rings. The summed E-state index contributed by atoms with van der Waals surface area (Å²) < 4.78 is 5.26. The van der Waals surface area contributed by atoms with Crippen LogP contribution in [0.3, 0.4) is 0 Å². The van der Waals surface area contributed by atoms with Gasteiger partial charge >= 0.3 is 0 Å². The fraction of sp³-hybridized carbons (Fsp3) is 0.179. The van der Waals surface area contributed by atoms with Crippen molar-refractivity contribution in [1.82, 2.24) is 0 Å². The fourth-order valence-electron chi connectivity index (χ4n) is 5.00. The minimum atomic E-state index is -0.416. The van der Waals surface area contributed by atoms with E-state index in [1.165, 1.54) is 0 Å². The quantitative estimate of drug-likeness (QED) is 0.425. The van der Waals surface area contributed by atoms with Gasteiger partial charge in [0, 0.05) is 22.2 Å². The molecule has 32 heavy (non-hydrogen) atoms. The second-order valence-electron chi connectivity index (χ2n) is 8.76. The molecule has 1 aliphatic heterocycles. The van der Waals surface area contributed by atoms with Crippen LogP contribution >= 0.6 is 0 Å². The maximum absolute atomic E-state index is 13.9. The monoisotopic (exact) mass is 423 g/mol. The first-order valence-electron chi connectivity index (χ1n) is 10.7. The average molecular weight is 424 g/mol. The third kappa shape index (κ3) is 2.94. The highest BCUT2D eigenvalue weighted by Crippen LogP contribution is 2.55. The van der Waals surface area contributed by atoms with Gasteiger partial charge in [-0.2, -0.15) is 0 Å². The number of amides is 1. The van der Waals surface area contributed by atoms with E-state index in [0.29, 0.717) is 11.3 Å². The zero-order chi connectivity index (χ0) is 22.5. The van der Waals surface area contributed by atoms with Gasteiger partial charge in [0.25, 0.3) is 5.91 Å². The normalized spacial score (nSPS) is 16.7. The van der Waals surface area contributed by atoms with Crippen molar-refractivity contribution in [3.05, 3.63) is 102 Å². The summed E-state index contributed by atoms with van der Waals surface area (Å²) in [7, 11) is 1.61. The highest BCUT2D eigenvalue weighted by atomic mass is 16.5. The number of anilines is 1. The third-order valence-electron chi connectivity index (χ3n) is 6.58. The number of hydrogen-bond acceptors (Lipinski definition) is 3. The minimum Gasteiger partial charge on any atom is -0.508 e. The van der Waals surface area contributed by atoms with Crippen LogP contribution in [0.2, 0.25) is 0 Å². The lowest BCUT2D eigenvalue weighted by atomic mass is 9.76. The van der Waals surface area contributed by atoms with Gasteiger partial charge < -0.3 is 9.84 Å². The van der Waals surface area contributed by atoms with Gasteiger partial charge in [0.1, 0.15) is 11.5 Å². The molecule has 1 N–H and O–H groups in total. The summed E-state index contributed by atoms with van der Waals surface area (Å²) in [6, 6.07) is 26.4. The van der Waals surface area contributed by atoms with Gasteiger partial charge in [0.15, 0.2) is 0 Å². The molecule has 4 heteroatoms. The molecule has 0 aliphatic carbocycles. The lowest BCUT2D eigenvalue weighted by Crippen LogP contribution is -2.38. The summed E-state index contributed by atoms with van der Waals surface area (Å²) in [5.74, 6) is 0.789. The Morgan fingerprint density at radius 2 is 1.59 bits per heavy atom. The zero-order valence-corrected chi connectivity index (χ0v) is 18.4. The van der Waals surface area contributed by atoms with Crippen molar-refractivity contribution in [3.63, 3.8) is 0 Å². The molecule has 5 rings (SSSR count). The second kappa shape index (κ2) is 7.41. The summed E-state index contributed by atoms with van der Waals surface area (Å²) in [5.41, 5.74) is 2.88. The van der Waals surface area contributed by atoms with Crippen molar-refractivity contribution in [1.29, 1.82) is 0 Å².